The van der Waals surface area contributed by atoms with Crippen molar-refractivity contribution >= 4 is 41.0 Å². The summed E-state index contributed by atoms with van der Waals surface area (Å²) in [5.74, 6) is -0.141. The molecular weight excluding hydrogens is 453 g/mol. The van der Waals surface area contributed by atoms with Crippen molar-refractivity contribution in [2.24, 2.45) is 5.10 Å². The SMILES string of the molecule is Cc1ccc(COc2c(Cl)cc(/C=N/NC(=O)Cc3ccccc3[N+](=O)[O-])cc2Cl)cc1. The molecule has 1 N–H and O–H groups in total. The number of hydrazone groups is 1. The van der Waals surface area contributed by atoms with Gasteiger partial charge in [-0.3, -0.25) is 14.9 Å². The van der Waals surface area contributed by atoms with Crippen molar-refractivity contribution in [3.8, 4) is 5.75 Å². The second kappa shape index (κ2) is 10.7. The number of nitrogens with one attached hydrogen (secondary N) is 1. The molecule has 0 spiro atoms. The van der Waals surface area contributed by atoms with E-state index in [0.29, 0.717) is 33.5 Å². The Morgan fingerprint density at radius 1 is 1.12 bits per heavy atom. The van der Waals surface area contributed by atoms with Gasteiger partial charge in [0, 0.05) is 11.6 Å². The summed E-state index contributed by atoms with van der Waals surface area (Å²) < 4.78 is 5.75. The van der Waals surface area contributed by atoms with Crippen molar-refractivity contribution in [1.82, 2.24) is 5.43 Å². The monoisotopic (exact) mass is 471 g/mol. The van der Waals surface area contributed by atoms with Gasteiger partial charge in [0.1, 0.15) is 6.61 Å². The van der Waals surface area contributed by atoms with E-state index in [2.05, 4.69) is 10.5 Å². The van der Waals surface area contributed by atoms with Crippen LogP contribution < -0.4 is 10.2 Å². The average molecular weight is 472 g/mol. The quantitative estimate of drug-likeness (QED) is 0.267. The molecule has 0 saturated heterocycles. The maximum absolute atomic E-state index is 12.1. The molecule has 0 fully saturated rings. The van der Waals surface area contributed by atoms with E-state index in [9.17, 15) is 14.9 Å². The summed E-state index contributed by atoms with van der Waals surface area (Å²) in [7, 11) is 0. The number of ether oxygens (including phenoxy) is 1. The van der Waals surface area contributed by atoms with E-state index in [1.165, 1.54) is 18.3 Å². The number of rotatable bonds is 8. The maximum Gasteiger partial charge on any atom is 0.273 e. The topological polar surface area (TPSA) is 93.8 Å². The molecule has 3 rings (SSSR count). The number of nitro benzene ring substituents is 1. The van der Waals surface area contributed by atoms with Crippen LogP contribution in [0.5, 0.6) is 5.75 Å². The van der Waals surface area contributed by atoms with E-state index in [4.69, 9.17) is 27.9 Å². The molecule has 0 aromatic heterocycles. The summed E-state index contributed by atoms with van der Waals surface area (Å²) in [5, 5.41) is 15.5. The molecule has 0 aliphatic heterocycles. The smallest absolute Gasteiger partial charge is 0.273 e. The second-order valence-corrected chi connectivity index (χ2v) is 7.76. The van der Waals surface area contributed by atoms with Crippen LogP contribution in [0.3, 0.4) is 0 Å². The van der Waals surface area contributed by atoms with Crippen LogP contribution in [0.2, 0.25) is 10.0 Å². The van der Waals surface area contributed by atoms with Crippen molar-refractivity contribution in [2.45, 2.75) is 20.0 Å². The van der Waals surface area contributed by atoms with Crippen LogP contribution in [0.25, 0.3) is 0 Å². The number of hydrogen-bond donors (Lipinski definition) is 1. The van der Waals surface area contributed by atoms with E-state index >= 15 is 0 Å². The first-order chi connectivity index (χ1) is 15.3. The lowest BCUT2D eigenvalue weighted by Gasteiger charge is -2.11. The molecule has 0 saturated carbocycles. The first-order valence-electron chi connectivity index (χ1n) is 9.55. The number of nitro groups is 1. The number of para-hydroxylation sites is 1. The fourth-order valence-electron chi connectivity index (χ4n) is 2.86. The fraction of sp³-hybridized carbons (Fsp3) is 0.130. The number of halogens is 2. The molecule has 32 heavy (non-hydrogen) atoms. The summed E-state index contributed by atoms with van der Waals surface area (Å²) in [5.41, 5.74) is 5.21. The lowest BCUT2D eigenvalue weighted by Crippen LogP contribution is -2.20. The van der Waals surface area contributed by atoms with E-state index in [0.717, 1.165) is 11.1 Å². The minimum atomic E-state index is -0.529. The fourth-order valence-corrected chi connectivity index (χ4v) is 3.47. The van der Waals surface area contributed by atoms with E-state index in [1.54, 1.807) is 24.3 Å². The van der Waals surface area contributed by atoms with Crippen molar-refractivity contribution in [2.75, 3.05) is 0 Å². The zero-order valence-corrected chi connectivity index (χ0v) is 18.6. The number of amides is 1. The molecule has 7 nitrogen and oxygen atoms in total. The standard InChI is InChI=1S/C23H19Cl2N3O4/c1-15-6-8-16(9-7-15)14-32-23-19(24)10-17(11-20(23)25)13-26-27-22(29)12-18-4-2-3-5-21(18)28(30)31/h2-11,13H,12,14H2,1H3,(H,27,29)/b26-13+. The largest absolute Gasteiger partial charge is 0.486 e. The molecule has 0 aliphatic carbocycles. The average Bonchev–Trinajstić information content (AvgIpc) is 2.74. The number of nitrogens with zero attached hydrogens (tertiary/aromatic N) is 2. The van der Waals surface area contributed by atoms with E-state index < -0.39 is 10.8 Å². The normalized spacial score (nSPS) is 10.8. The predicted octanol–water partition coefficient (Wildman–Crippen LogP) is 5.48. The molecule has 0 heterocycles. The highest BCUT2D eigenvalue weighted by Gasteiger charge is 2.15. The van der Waals surface area contributed by atoms with Gasteiger partial charge in [-0.2, -0.15) is 5.10 Å². The molecule has 3 aromatic carbocycles. The van der Waals surface area contributed by atoms with Gasteiger partial charge in [-0.25, -0.2) is 5.43 Å². The van der Waals surface area contributed by atoms with E-state index in [1.807, 2.05) is 31.2 Å². The molecule has 0 radical (unpaired) electrons. The zero-order valence-electron chi connectivity index (χ0n) is 17.0. The third-order valence-corrected chi connectivity index (χ3v) is 5.03. The number of aryl methyl sites for hydroxylation is 1. The summed E-state index contributed by atoms with van der Waals surface area (Å²) in [6, 6.07) is 17.2. The molecule has 0 unspecified atom stereocenters. The van der Waals surface area contributed by atoms with Crippen LogP contribution in [-0.4, -0.2) is 17.0 Å². The van der Waals surface area contributed by atoms with Crippen molar-refractivity contribution in [3.05, 3.63) is 103 Å². The Bertz CT molecular complexity index is 1140. The Morgan fingerprint density at radius 2 is 1.78 bits per heavy atom. The molecular formula is C23H19Cl2N3O4. The molecule has 164 valence electrons. The summed E-state index contributed by atoms with van der Waals surface area (Å²) >= 11 is 12.6. The Morgan fingerprint density at radius 3 is 2.44 bits per heavy atom. The van der Waals surface area contributed by atoms with Gasteiger partial charge in [-0.1, -0.05) is 71.2 Å². The Kier molecular flexibility index (Phi) is 7.81. The minimum absolute atomic E-state index is 0.119. The highest BCUT2D eigenvalue weighted by atomic mass is 35.5. The van der Waals surface area contributed by atoms with Crippen molar-refractivity contribution in [3.63, 3.8) is 0 Å². The highest BCUT2D eigenvalue weighted by molar-refractivity contribution is 6.37. The number of benzene rings is 3. The van der Waals surface area contributed by atoms with Gasteiger partial charge < -0.3 is 4.74 Å². The van der Waals surface area contributed by atoms with Crippen molar-refractivity contribution in [1.29, 1.82) is 0 Å². The first-order valence-corrected chi connectivity index (χ1v) is 10.3. The van der Waals surface area contributed by atoms with Crippen LogP contribution in [-0.2, 0) is 17.8 Å². The third kappa shape index (κ3) is 6.29. The van der Waals surface area contributed by atoms with E-state index in [-0.39, 0.29) is 12.1 Å². The Labute approximate surface area is 194 Å². The first kappa shape index (κ1) is 23.2. The van der Waals surface area contributed by atoms with Gasteiger partial charge in [-0.15, -0.1) is 0 Å². The molecule has 0 bridgehead atoms. The van der Waals surface area contributed by atoms with Gasteiger partial charge in [0.2, 0.25) is 5.91 Å². The van der Waals surface area contributed by atoms with Gasteiger partial charge in [0.25, 0.3) is 5.69 Å². The zero-order chi connectivity index (χ0) is 23.1. The lowest BCUT2D eigenvalue weighted by molar-refractivity contribution is -0.385. The Balaban J connectivity index is 1.60. The summed E-state index contributed by atoms with van der Waals surface area (Å²) in [6.07, 6.45) is 1.20. The molecule has 0 aliphatic rings. The predicted molar refractivity (Wildman–Crippen MR) is 125 cm³/mol. The maximum atomic E-state index is 12.1. The van der Waals surface area contributed by atoms with Gasteiger partial charge in [-0.05, 0) is 30.2 Å². The number of carbonyl (C=O) groups excluding carboxylic acids is 1. The van der Waals surface area contributed by atoms with Crippen LogP contribution >= 0.6 is 23.2 Å². The van der Waals surface area contributed by atoms with Crippen LogP contribution in [0.15, 0.2) is 65.8 Å². The van der Waals surface area contributed by atoms with Gasteiger partial charge in [0.15, 0.2) is 5.75 Å². The highest BCUT2D eigenvalue weighted by Crippen LogP contribution is 2.34. The van der Waals surface area contributed by atoms with Gasteiger partial charge in [0.05, 0.1) is 27.6 Å². The molecule has 1 amide bonds. The third-order valence-electron chi connectivity index (χ3n) is 4.47. The lowest BCUT2D eigenvalue weighted by atomic mass is 10.1. The minimum Gasteiger partial charge on any atom is -0.486 e. The van der Waals surface area contributed by atoms with Crippen LogP contribution in [0, 0.1) is 17.0 Å². The molecule has 9 heteroatoms. The molecule has 3 aromatic rings. The van der Waals surface area contributed by atoms with Crippen LogP contribution in [0.1, 0.15) is 22.3 Å². The summed E-state index contributed by atoms with van der Waals surface area (Å²) in [6.45, 7) is 2.32. The summed E-state index contributed by atoms with van der Waals surface area (Å²) in [4.78, 5) is 22.6. The number of carbonyl (C=O) groups is 1. The number of hydrogen-bond acceptors (Lipinski definition) is 5. The Hall–Kier alpha value is -3.42. The van der Waals surface area contributed by atoms with Crippen LogP contribution in [0.4, 0.5) is 5.69 Å². The molecule has 0 atom stereocenters. The second-order valence-electron chi connectivity index (χ2n) is 6.94. The van der Waals surface area contributed by atoms with Gasteiger partial charge >= 0.3 is 0 Å². The van der Waals surface area contributed by atoms with Crippen molar-refractivity contribution < 1.29 is 14.5 Å².